The number of nitrogens with two attached hydrogens (primary N) is 1. The zero-order valence-electron chi connectivity index (χ0n) is 9.41. The fraction of sp³-hybridized carbons (Fsp3) is 0.600. The molecule has 1 atom stereocenters. The van der Waals surface area contributed by atoms with Crippen LogP contribution in [-0.2, 0) is 19.2 Å². The van der Waals surface area contributed by atoms with Crippen LogP contribution in [0.1, 0.15) is 33.1 Å². The second kappa shape index (κ2) is 6.71. The summed E-state index contributed by atoms with van der Waals surface area (Å²) in [4.78, 5) is 43.7. The van der Waals surface area contributed by atoms with Gasteiger partial charge in [-0.2, -0.15) is 0 Å². The number of carbonyl (C=O) groups is 4. The van der Waals surface area contributed by atoms with Gasteiger partial charge in [-0.3, -0.25) is 14.4 Å². The van der Waals surface area contributed by atoms with Crippen molar-refractivity contribution >= 4 is 23.4 Å². The highest BCUT2D eigenvalue weighted by molar-refractivity contribution is 5.94. The standard InChI is InChI=1S/C10H16N2O4/c1-6(13)3-4-9(15)8(5-10(11)16)12-7(2)14/h8H,3-5H2,1-2H3,(H2,11,16)(H,12,14)/t8-/m0/s1. The van der Waals surface area contributed by atoms with Crippen LogP contribution in [0.3, 0.4) is 0 Å². The first kappa shape index (κ1) is 14.3. The maximum Gasteiger partial charge on any atom is 0.219 e. The summed E-state index contributed by atoms with van der Waals surface area (Å²) in [7, 11) is 0. The van der Waals surface area contributed by atoms with E-state index in [0.29, 0.717) is 0 Å². The van der Waals surface area contributed by atoms with Gasteiger partial charge >= 0.3 is 0 Å². The van der Waals surface area contributed by atoms with Crippen molar-refractivity contribution in [3.8, 4) is 0 Å². The van der Waals surface area contributed by atoms with E-state index in [1.807, 2.05) is 0 Å². The minimum absolute atomic E-state index is 0.00750. The van der Waals surface area contributed by atoms with Crippen LogP contribution in [-0.4, -0.2) is 29.4 Å². The predicted octanol–water partition coefficient (Wildman–Crippen LogP) is -0.695. The van der Waals surface area contributed by atoms with Crippen LogP contribution in [0.4, 0.5) is 0 Å². The van der Waals surface area contributed by atoms with Crippen molar-refractivity contribution in [1.29, 1.82) is 0 Å². The first-order valence-corrected chi connectivity index (χ1v) is 4.90. The molecular weight excluding hydrogens is 212 g/mol. The Morgan fingerprint density at radius 2 is 1.69 bits per heavy atom. The summed E-state index contributed by atoms with van der Waals surface area (Å²) in [5.41, 5.74) is 4.95. The quantitative estimate of drug-likeness (QED) is 0.601. The Balaban J connectivity index is 4.36. The average molecular weight is 228 g/mol. The smallest absolute Gasteiger partial charge is 0.219 e. The normalized spacial score (nSPS) is 11.6. The molecule has 0 heterocycles. The molecule has 0 fully saturated rings. The van der Waals surface area contributed by atoms with Crippen molar-refractivity contribution < 1.29 is 19.2 Å². The Labute approximate surface area is 93.6 Å². The zero-order valence-corrected chi connectivity index (χ0v) is 9.41. The van der Waals surface area contributed by atoms with Crippen molar-refractivity contribution in [2.75, 3.05) is 0 Å². The first-order chi connectivity index (χ1) is 7.32. The van der Waals surface area contributed by atoms with Gasteiger partial charge in [0.1, 0.15) is 5.78 Å². The van der Waals surface area contributed by atoms with E-state index in [1.54, 1.807) is 0 Å². The molecule has 0 aromatic heterocycles. The molecule has 0 aliphatic heterocycles. The van der Waals surface area contributed by atoms with Gasteiger partial charge < -0.3 is 15.8 Å². The highest BCUT2D eigenvalue weighted by Crippen LogP contribution is 2.01. The minimum Gasteiger partial charge on any atom is -0.370 e. The third-order valence-corrected chi connectivity index (χ3v) is 1.89. The molecule has 2 amide bonds. The average Bonchev–Trinajstić information content (AvgIpc) is 2.11. The molecule has 0 aliphatic rings. The van der Waals surface area contributed by atoms with Gasteiger partial charge in [-0.15, -0.1) is 0 Å². The summed E-state index contributed by atoms with van der Waals surface area (Å²) < 4.78 is 0. The molecule has 0 unspecified atom stereocenters. The third kappa shape index (κ3) is 6.69. The van der Waals surface area contributed by atoms with Gasteiger partial charge in [0.15, 0.2) is 5.78 Å². The second-order valence-electron chi connectivity index (χ2n) is 3.59. The van der Waals surface area contributed by atoms with E-state index in [2.05, 4.69) is 5.32 Å². The molecule has 0 radical (unpaired) electrons. The van der Waals surface area contributed by atoms with Crippen LogP contribution in [0.2, 0.25) is 0 Å². The molecule has 0 aromatic rings. The second-order valence-corrected chi connectivity index (χ2v) is 3.59. The Morgan fingerprint density at radius 3 is 2.06 bits per heavy atom. The monoisotopic (exact) mass is 228 g/mol. The minimum atomic E-state index is -0.922. The topological polar surface area (TPSA) is 106 Å². The number of rotatable bonds is 7. The molecule has 0 saturated heterocycles. The molecule has 0 aliphatic carbocycles. The lowest BCUT2D eigenvalue weighted by Crippen LogP contribution is -2.42. The number of hydrogen-bond donors (Lipinski definition) is 2. The summed E-state index contributed by atoms with van der Waals surface area (Å²) in [6.45, 7) is 2.61. The van der Waals surface area contributed by atoms with Gasteiger partial charge in [0.25, 0.3) is 0 Å². The Kier molecular flexibility index (Phi) is 5.99. The van der Waals surface area contributed by atoms with Crippen LogP contribution >= 0.6 is 0 Å². The van der Waals surface area contributed by atoms with Crippen molar-refractivity contribution in [3.63, 3.8) is 0 Å². The van der Waals surface area contributed by atoms with Crippen LogP contribution in [0.25, 0.3) is 0 Å². The van der Waals surface area contributed by atoms with E-state index >= 15 is 0 Å². The van der Waals surface area contributed by atoms with E-state index in [-0.39, 0.29) is 30.8 Å². The lowest BCUT2D eigenvalue weighted by molar-refractivity contribution is -0.130. The summed E-state index contributed by atoms with van der Waals surface area (Å²) in [5.74, 6) is -1.56. The van der Waals surface area contributed by atoms with Gasteiger partial charge in [0.05, 0.1) is 12.5 Å². The third-order valence-electron chi connectivity index (χ3n) is 1.89. The number of ketones is 2. The predicted molar refractivity (Wildman–Crippen MR) is 56.3 cm³/mol. The first-order valence-electron chi connectivity index (χ1n) is 4.90. The van der Waals surface area contributed by atoms with Gasteiger partial charge in [0, 0.05) is 19.8 Å². The number of hydrogen-bond acceptors (Lipinski definition) is 4. The molecule has 0 spiro atoms. The fourth-order valence-corrected chi connectivity index (χ4v) is 1.17. The largest absolute Gasteiger partial charge is 0.370 e. The van der Waals surface area contributed by atoms with E-state index < -0.39 is 17.9 Å². The van der Waals surface area contributed by atoms with Crippen LogP contribution in [0.5, 0.6) is 0 Å². The van der Waals surface area contributed by atoms with Crippen molar-refractivity contribution in [2.24, 2.45) is 5.73 Å². The summed E-state index contributed by atoms with van der Waals surface area (Å²) in [5, 5.41) is 2.33. The molecule has 0 rings (SSSR count). The molecule has 0 aromatic carbocycles. The Morgan fingerprint density at radius 1 is 1.12 bits per heavy atom. The molecular formula is C10H16N2O4. The van der Waals surface area contributed by atoms with E-state index in [4.69, 9.17) is 5.73 Å². The highest BCUT2D eigenvalue weighted by atomic mass is 16.2. The number of primary amides is 1. The van der Waals surface area contributed by atoms with E-state index in [9.17, 15) is 19.2 Å². The Bertz CT molecular complexity index is 296. The van der Waals surface area contributed by atoms with Crippen LogP contribution < -0.4 is 11.1 Å². The summed E-state index contributed by atoms with van der Waals surface area (Å²) >= 11 is 0. The Hall–Kier alpha value is -1.72. The highest BCUT2D eigenvalue weighted by Gasteiger charge is 2.21. The van der Waals surface area contributed by atoms with E-state index in [1.165, 1.54) is 13.8 Å². The van der Waals surface area contributed by atoms with Crippen molar-refractivity contribution in [1.82, 2.24) is 5.32 Å². The summed E-state index contributed by atoms with van der Waals surface area (Å²) in [6.07, 6.45) is -0.127. The fourth-order valence-electron chi connectivity index (χ4n) is 1.17. The van der Waals surface area contributed by atoms with Gasteiger partial charge in [-0.25, -0.2) is 0 Å². The van der Waals surface area contributed by atoms with Crippen LogP contribution in [0.15, 0.2) is 0 Å². The maximum absolute atomic E-state index is 11.5. The zero-order chi connectivity index (χ0) is 12.7. The van der Waals surface area contributed by atoms with Crippen molar-refractivity contribution in [2.45, 2.75) is 39.2 Å². The molecule has 0 saturated carbocycles. The molecule has 3 N–H and O–H groups in total. The SMILES string of the molecule is CC(=O)CCC(=O)[C@H](CC(N)=O)NC(C)=O. The lowest BCUT2D eigenvalue weighted by Gasteiger charge is -2.14. The van der Waals surface area contributed by atoms with Crippen molar-refractivity contribution in [3.05, 3.63) is 0 Å². The van der Waals surface area contributed by atoms with Crippen LogP contribution in [0, 0.1) is 0 Å². The molecule has 0 bridgehead atoms. The van der Waals surface area contributed by atoms with E-state index in [0.717, 1.165) is 0 Å². The number of Topliss-reactive ketones (excluding diaryl/α,β-unsaturated/α-hetero) is 2. The summed E-state index contributed by atoms with van der Waals surface area (Å²) in [6, 6.07) is -0.922. The molecule has 6 heteroatoms. The van der Waals surface area contributed by atoms with Gasteiger partial charge in [0.2, 0.25) is 11.8 Å². The molecule has 6 nitrogen and oxygen atoms in total. The molecule has 16 heavy (non-hydrogen) atoms. The maximum atomic E-state index is 11.5. The number of nitrogens with one attached hydrogen (secondary N) is 1. The molecule has 90 valence electrons. The van der Waals surface area contributed by atoms with Gasteiger partial charge in [-0.1, -0.05) is 0 Å². The number of carbonyl (C=O) groups excluding carboxylic acids is 4. The lowest BCUT2D eigenvalue weighted by atomic mass is 10.0. The van der Waals surface area contributed by atoms with Gasteiger partial charge in [-0.05, 0) is 6.92 Å². The number of amides is 2.